The topological polar surface area (TPSA) is 21.6 Å². The van der Waals surface area contributed by atoms with Gasteiger partial charge in [0.05, 0.1) is 5.71 Å². The number of oxime groups is 1. The van der Waals surface area contributed by atoms with Crippen molar-refractivity contribution in [3.63, 3.8) is 0 Å². The quantitative estimate of drug-likeness (QED) is 0.647. The fourth-order valence-electron chi connectivity index (χ4n) is 1.20. The van der Waals surface area contributed by atoms with Gasteiger partial charge in [-0.1, -0.05) is 35.5 Å². The second-order valence-corrected chi connectivity index (χ2v) is 3.27. The Hall–Kier alpha value is -1.31. The maximum atomic E-state index is 5.21. The van der Waals surface area contributed by atoms with E-state index >= 15 is 0 Å². The fraction of sp³-hybridized carbons (Fsp3) is 0.364. The highest BCUT2D eigenvalue weighted by Gasteiger charge is 2.10. The minimum Gasteiger partial charge on any atom is -0.391 e. The lowest BCUT2D eigenvalue weighted by molar-refractivity contribution is 0.128. The van der Waals surface area contributed by atoms with Crippen LogP contribution in [-0.2, 0) is 11.4 Å². The molecule has 1 aromatic rings. The first-order valence-corrected chi connectivity index (χ1v) is 4.67. The largest absolute Gasteiger partial charge is 0.391 e. The van der Waals surface area contributed by atoms with E-state index in [1.54, 1.807) is 0 Å². The zero-order valence-electron chi connectivity index (χ0n) is 7.57. The van der Waals surface area contributed by atoms with Crippen molar-refractivity contribution in [2.45, 2.75) is 25.9 Å². The SMILES string of the molecule is c1ccc(CON=C2CCC2)cc1. The molecule has 0 heterocycles. The second kappa shape index (κ2) is 4.08. The molecule has 1 fully saturated rings. The molecule has 0 aliphatic heterocycles. The monoisotopic (exact) mass is 175 g/mol. The van der Waals surface area contributed by atoms with Gasteiger partial charge in [-0.15, -0.1) is 0 Å². The molecule has 0 atom stereocenters. The summed E-state index contributed by atoms with van der Waals surface area (Å²) in [5.41, 5.74) is 2.38. The van der Waals surface area contributed by atoms with E-state index in [4.69, 9.17) is 4.84 Å². The molecule has 0 radical (unpaired) electrons. The molecule has 0 N–H and O–H groups in total. The van der Waals surface area contributed by atoms with Gasteiger partial charge < -0.3 is 4.84 Å². The number of nitrogens with zero attached hydrogens (tertiary/aromatic N) is 1. The maximum Gasteiger partial charge on any atom is 0.142 e. The van der Waals surface area contributed by atoms with Crippen molar-refractivity contribution >= 4 is 5.71 Å². The average Bonchev–Trinajstić information content (AvgIpc) is 2.11. The Morgan fingerprint density at radius 2 is 1.92 bits per heavy atom. The number of hydrogen-bond acceptors (Lipinski definition) is 2. The molecule has 13 heavy (non-hydrogen) atoms. The van der Waals surface area contributed by atoms with Gasteiger partial charge in [-0.05, 0) is 24.8 Å². The van der Waals surface area contributed by atoms with Crippen LogP contribution in [0.25, 0.3) is 0 Å². The summed E-state index contributed by atoms with van der Waals surface area (Å²) in [5, 5.41) is 4.04. The van der Waals surface area contributed by atoms with Crippen molar-refractivity contribution in [1.82, 2.24) is 0 Å². The van der Waals surface area contributed by atoms with Gasteiger partial charge in [0.1, 0.15) is 6.61 Å². The van der Waals surface area contributed by atoms with Crippen molar-refractivity contribution in [2.24, 2.45) is 5.16 Å². The predicted molar refractivity (Wildman–Crippen MR) is 52.5 cm³/mol. The van der Waals surface area contributed by atoms with Crippen molar-refractivity contribution in [3.8, 4) is 0 Å². The third-order valence-corrected chi connectivity index (χ3v) is 2.20. The summed E-state index contributed by atoms with van der Waals surface area (Å²) in [6, 6.07) is 10.1. The summed E-state index contributed by atoms with van der Waals surface area (Å²) in [4.78, 5) is 5.21. The van der Waals surface area contributed by atoms with Crippen LogP contribution in [0.15, 0.2) is 35.5 Å². The van der Waals surface area contributed by atoms with Gasteiger partial charge in [-0.25, -0.2) is 0 Å². The standard InChI is InChI=1S/C11H13NO/c1-2-5-10(6-3-1)9-13-12-11-7-4-8-11/h1-3,5-6H,4,7-9H2. The fourth-order valence-corrected chi connectivity index (χ4v) is 1.20. The zero-order valence-corrected chi connectivity index (χ0v) is 7.57. The Labute approximate surface area is 78.2 Å². The minimum atomic E-state index is 0.588. The first-order chi connectivity index (χ1) is 6.45. The lowest BCUT2D eigenvalue weighted by Gasteiger charge is -2.13. The molecule has 0 unspecified atom stereocenters. The molecule has 0 saturated heterocycles. The summed E-state index contributed by atoms with van der Waals surface area (Å²) in [5.74, 6) is 0. The Kier molecular flexibility index (Phi) is 2.60. The molecule has 0 spiro atoms. The number of rotatable bonds is 3. The molecule has 2 nitrogen and oxygen atoms in total. The van der Waals surface area contributed by atoms with Crippen molar-refractivity contribution < 1.29 is 4.84 Å². The highest BCUT2D eigenvalue weighted by Crippen LogP contribution is 2.14. The maximum absolute atomic E-state index is 5.21. The number of hydrogen-bond donors (Lipinski definition) is 0. The highest BCUT2D eigenvalue weighted by atomic mass is 16.6. The second-order valence-electron chi connectivity index (χ2n) is 3.27. The Morgan fingerprint density at radius 1 is 1.15 bits per heavy atom. The van der Waals surface area contributed by atoms with E-state index < -0.39 is 0 Å². The van der Waals surface area contributed by atoms with Gasteiger partial charge in [0.25, 0.3) is 0 Å². The molecular formula is C11H13NO. The van der Waals surface area contributed by atoms with E-state index in [-0.39, 0.29) is 0 Å². The van der Waals surface area contributed by atoms with Crippen LogP contribution in [0.3, 0.4) is 0 Å². The molecule has 0 aromatic heterocycles. The van der Waals surface area contributed by atoms with Crippen molar-refractivity contribution in [3.05, 3.63) is 35.9 Å². The molecule has 1 aromatic carbocycles. The summed E-state index contributed by atoms with van der Waals surface area (Å²) in [7, 11) is 0. The van der Waals surface area contributed by atoms with E-state index in [0.717, 1.165) is 12.8 Å². The first kappa shape index (κ1) is 8.30. The average molecular weight is 175 g/mol. The van der Waals surface area contributed by atoms with E-state index in [1.165, 1.54) is 17.7 Å². The van der Waals surface area contributed by atoms with Crippen molar-refractivity contribution in [2.75, 3.05) is 0 Å². The van der Waals surface area contributed by atoms with Crippen LogP contribution in [-0.4, -0.2) is 5.71 Å². The van der Waals surface area contributed by atoms with E-state index in [1.807, 2.05) is 30.3 Å². The molecule has 1 saturated carbocycles. The third kappa shape index (κ3) is 2.31. The van der Waals surface area contributed by atoms with E-state index in [0.29, 0.717) is 6.61 Å². The Bertz CT molecular complexity index is 286. The van der Waals surface area contributed by atoms with Gasteiger partial charge in [0.2, 0.25) is 0 Å². The normalized spacial score (nSPS) is 14.9. The summed E-state index contributed by atoms with van der Waals surface area (Å²) < 4.78 is 0. The first-order valence-electron chi connectivity index (χ1n) is 4.67. The van der Waals surface area contributed by atoms with Crippen LogP contribution in [0, 0.1) is 0 Å². The molecule has 1 aliphatic carbocycles. The Morgan fingerprint density at radius 3 is 2.54 bits per heavy atom. The van der Waals surface area contributed by atoms with Gasteiger partial charge in [-0.2, -0.15) is 0 Å². The molecule has 2 rings (SSSR count). The summed E-state index contributed by atoms with van der Waals surface area (Å²) >= 11 is 0. The summed E-state index contributed by atoms with van der Waals surface area (Å²) in [6.45, 7) is 0.588. The molecule has 0 amide bonds. The van der Waals surface area contributed by atoms with Gasteiger partial charge >= 0.3 is 0 Å². The van der Waals surface area contributed by atoms with Crippen LogP contribution < -0.4 is 0 Å². The third-order valence-electron chi connectivity index (χ3n) is 2.20. The lowest BCUT2D eigenvalue weighted by Crippen LogP contribution is -2.09. The highest BCUT2D eigenvalue weighted by molar-refractivity contribution is 5.88. The van der Waals surface area contributed by atoms with Gasteiger partial charge in [0.15, 0.2) is 0 Å². The molecule has 2 heteroatoms. The smallest absolute Gasteiger partial charge is 0.142 e. The van der Waals surface area contributed by atoms with Crippen LogP contribution >= 0.6 is 0 Å². The molecule has 68 valence electrons. The van der Waals surface area contributed by atoms with Crippen molar-refractivity contribution in [1.29, 1.82) is 0 Å². The van der Waals surface area contributed by atoms with Gasteiger partial charge in [0, 0.05) is 0 Å². The number of benzene rings is 1. The summed E-state index contributed by atoms with van der Waals surface area (Å²) in [6.07, 6.45) is 3.51. The zero-order chi connectivity index (χ0) is 8.93. The van der Waals surface area contributed by atoms with Gasteiger partial charge in [-0.3, -0.25) is 0 Å². The van der Waals surface area contributed by atoms with E-state index in [9.17, 15) is 0 Å². The van der Waals surface area contributed by atoms with Crippen LogP contribution in [0.5, 0.6) is 0 Å². The van der Waals surface area contributed by atoms with Crippen LogP contribution in [0.2, 0.25) is 0 Å². The predicted octanol–water partition coefficient (Wildman–Crippen LogP) is 2.74. The van der Waals surface area contributed by atoms with Crippen LogP contribution in [0.4, 0.5) is 0 Å². The van der Waals surface area contributed by atoms with E-state index in [2.05, 4.69) is 5.16 Å². The lowest BCUT2D eigenvalue weighted by atomic mass is 9.98. The Balaban J connectivity index is 1.79. The molecule has 1 aliphatic rings. The minimum absolute atomic E-state index is 0.588. The van der Waals surface area contributed by atoms with Crippen LogP contribution in [0.1, 0.15) is 24.8 Å². The molecular weight excluding hydrogens is 162 g/mol. The molecule has 0 bridgehead atoms.